The van der Waals surface area contributed by atoms with Crippen LogP contribution in [0.5, 0.6) is 0 Å². The molecule has 1 saturated heterocycles. The van der Waals surface area contributed by atoms with E-state index in [1.165, 1.54) is 75.7 Å². The van der Waals surface area contributed by atoms with E-state index >= 15 is 0 Å². The van der Waals surface area contributed by atoms with Crippen LogP contribution in [0.15, 0.2) is 70.1 Å². The van der Waals surface area contributed by atoms with Crippen molar-refractivity contribution in [3.8, 4) is 0 Å². The average Bonchev–Trinajstić information content (AvgIpc) is 3.38. The van der Waals surface area contributed by atoms with Crippen molar-refractivity contribution in [2.24, 2.45) is 17.8 Å². The van der Waals surface area contributed by atoms with Crippen molar-refractivity contribution in [1.82, 2.24) is 4.98 Å². The number of rotatable bonds is 7. The van der Waals surface area contributed by atoms with Gasteiger partial charge in [0.25, 0.3) is 0 Å². The van der Waals surface area contributed by atoms with Gasteiger partial charge in [-0.2, -0.15) is 0 Å². The van der Waals surface area contributed by atoms with Crippen molar-refractivity contribution >= 4 is 11.8 Å². The first-order valence-corrected chi connectivity index (χ1v) is 15.4. The van der Waals surface area contributed by atoms with Crippen molar-refractivity contribution in [2.75, 3.05) is 19.3 Å². The standard InChI is InChI=1S/C25H36N2O.C7H7FS/c1-3-20-14-15-27(17-19(20)2)18-23-16-26-25(28-23)24(21-10-6-4-7-11-21)22-12-8-5-9-13-22;1-9-7-4-2-3-6(8)5-7/h4,6-7,10-11,16,19-20,22,24H,3,5,8-9,12-15,17-18H2,1-2H3;2-5H,1H3/p+1/t19-,20?,24?;/m1./s1. The number of hydrogen-bond acceptors (Lipinski definition) is 3. The lowest BCUT2D eigenvalue weighted by Crippen LogP contribution is -3.12. The molecular formula is C32H44FN2OS+. The van der Waals surface area contributed by atoms with Crippen molar-refractivity contribution in [2.45, 2.75) is 76.2 Å². The van der Waals surface area contributed by atoms with Gasteiger partial charge in [0.15, 0.2) is 5.76 Å². The Labute approximate surface area is 227 Å². The zero-order valence-electron chi connectivity index (χ0n) is 22.8. The van der Waals surface area contributed by atoms with Gasteiger partial charge < -0.3 is 9.32 Å². The van der Waals surface area contributed by atoms with Gasteiger partial charge in [-0.15, -0.1) is 11.8 Å². The van der Waals surface area contributed by atoms with E-state index in [-0.39, 0.29) is 5.82 Å². The number of quaternary nitrogens is 1. The molecule has 1 saturated carbocycles. The molecule has 1 aliphatic carbocycles. The van der Waals surface area contributed by atoms with Gasteiger partial charge in [-0.3, -0.25) is 0 Å². The fourth-order valence-corrected chi connectivity index (χ4v) is 6.74. The second kappa shape index (κ2) is 14.2. The van der Waals surface area contributed by atoms with E-state index in [1.54, 1.807) is 22.7 Å². The smallest absolute Gasteiger partial charge is 0.202 e. The highest BCUT2D eigenvalue weighted by Gasteiger charge is 2.32. The molecule has 0 spiro atoms. The maximum absolute atomic E-state index is 12.3. The van der Waals surface area contributed by atoms with Crippen molar-refractivity contribution in [3.05, 3.63) is 83.8 Å². The first-order valence-electron chi connectivity index (χ1n) is 14.2. The number of oxazole rings is 1. The number of benzene rings is 2. The molecule has 3 nitrogen and oxygen atoms in total. The minimum atomic E-state index is -0.165. The van der Waals surface area contributed by atoms with Gasteiger partial charge in [0.05, 0.1) is 25.2 Å². The second-order valence-corrected chi connectivity index (χ2v) is 11.8. The van der Waals surface area contributed by atoms with E-state index in [1.807, 2.05) is 18.5 Å². The molecule has 2 heterocycles. The third-order valence-corrected chi connectivity index (χ3v) is 9.11. The Hall–Kier alpha value is -2.11. The van der Waals surface area contributed by atoms with Gasteiger partial charge in [0.2, 0.25) is 5.89 Å². The van der Waals surface area contributed by atoms with Crippen molar-refractivity contribution in [1.29, 1.82) is 0 Å². The third-order valence-electron chi connectivity index (χ3n) is 8.38. The molecule has 2 aromatic carbocycles. The summed E-state index contributed by atoms with van der Waals surface area (Å²) in [7, 11) is 0. The van der Waals surface area contributed by atoms with E-state index in [0.717, 1.165) is 34.9 Å². The normalized spacial score (nSPS) is 23.2. The molecule has 1 aromatic heterocycles. The number of halogens is 1. The van der Waals surface area contributed by atoms with Gasteiger partial charge in [-0.05, 0) is 61.1 Å². The summed E-state index contributed by atoms with van der Waals surface area (Å²) < 4.78 is 18.8. The molecule has 37 heavy (non-hydrogen) atoms. The Kier molecular flexibility index (Phi) is 10.7. The van der Waals surface area contributed by atoms with E-state index in [4.69, 9.17) is 9.40 Å². The highest BCUT2D eigenvalue weighted by molar-refractivity contribution is 7.98. The molecule has 5 rings (SSSR count). The minimum Gasteiger partial charge on any atom is -0.439 e. The molecule has 3 aromatic rings. The number of aromatic nitrogens is 1. The summed E-state index contributed by atoms with van der Waals surface area (Å²) in [6.07, 6.45) is 13.3. The zero-order chi connectivity index (χ0) is 26.0. The molecule has 200 valence electrons. The van der Waals surface area contributed by atoms with Crippen molar-refractivity contribution in [3.63, 3.8) is 0 Å². The first kappa shape index (κ1) is 27.9. The van der Waals surface area contributed by atoms with Crippen LogP contribution >= 0.6 is 11.8 Å². The molecule has 1 N–H and O–H groups in total. The number of thioether (sulfide) groups is 1. The molecule has 3 unspecified atom stereocenters. The Balaban J connectivity index is 0.000000301. The predicted octanol–water partition coefficient (Wildman–Crippen LogP) is 7.39. The van der Waals surface area contributed by atoms with Crippen LogP contribution in [0.3, 0.4) is 0 Å². The van der Waals surface area contributed by atoms with Gasteiger partial charge in [0, 0.05) is 10.8 Å². The highest BCUT2D eigenvalue weighted by Crippen LogP contribution is 2.40. The summed E-state index contributed by atoms with van der Waals surface area (Å²) >= 11 is 1.54. The van der Waals surface area contributed by atoms with Crippen molar-refractivity contribution < 1.29 is 13.7 Å². The molecule has 0 radical (unpaired) electrons. The summed E-state index contributed by atoms with van der Waals surface area (Å²) in [5.41, 5.74) is 1.37. The van der Waals surface area contributed by atoms with Gasteiger partial charge in [-0.25, -0.2) is 9.37 Å². The number of likely N-dealkylation sites (tertiary alicyclic amines) is 1. The summed E-state index contributed by atoms with van der Waals surface area (Å²) in [5.74, 6) is 4.55. The van der Waals surface area contributed by atoms with E-state index in [9.17, 15) is 4.39 Å². The van der Waals surface area contributed by atoms with Gasteiger partial charge in [-0.1, -0.05) is 75.9 Å². The second-order valence-electron chi connectivity index (χ2n) is 10.9. The van der Waals surface area contributed by atoms with Crippen LogP contribution in [0.1, 0.15) is 81.9 Å². The number of piperidine rings is 1. The Morgan fingerprint density at radius 2 is 1.84 bits per heavy atom. The highest BCUT2D eigenvalue weighted by atomic mass is 32.2. The first-order chi connectivity index (χ1) is 18.1. The van der Waals surface area contributed by atoms with Crippen LogP contribution in [0.25, 0.3) is 0 Å². The van der Waals surface area contributed by atoms with Crippen LogP contribution in [0.4, 0.5) is 4.39 Å². The van der Waals surface area contributed by atoms with Crippen LogP contribution in [0, 0.1) is 23.6 Å². The van der Waals surface area contributed by atoms with Gasteiger partial charge in [0.1, 0.15) is 12.4 Å². The minimum absolute atomic E-state index is 0.165. The average molecular weight is 524 g/mol. The summed E-state index contributed by atoms with van der Waals surface area (Å²) in [6, 6.07) is 17.5. The molecule has 1 aliphatic heterocycles. The molecule has 2 fully saturated rings. The number of nitrogens with zero attached hydrogens (tertiary/aromatic N) is 1. The molecule has 2 aliphatic rings. The molecule has 0 amide bonds. The topological polar surface area (TPSA) is 30.5 Å². The molecule has 4 atom stereocenters. The fraction of sp³-hybridized carbons (Fsp3) is 0.531. The lowest BCUT2D eigenvalue weighted by Gasteiger charge is -2.33. The zero-order valence-corrected chi connectivity index (χ0v) is 23.6. The lowest BCUT2D eigenvalue weighted by molar-refractivity contribution is -0.924. The molecular weight excluding hydrogens is 479 g/mol. The van der Waals surface area contributed by atoms with Crippen LogP contribution in [-0.2, 0) is 6.54 Å². The Morgan fingerprint density at radius 1 is 1.05 bits per heavy atom. The maximum atomic E-state index is 12.3. The lowest BCUT2D eigenvalue weighted by atomic mass is 9.77. The van der Waals surface area contributed by atoms with Crippen LogP contribution < -0.4 is 4.90 Å². The van der Waals surface area contributed by atoms with E-state index in [2.05, 4.69) is 44.2 Å². The molecule has 0 bridgehead atoms. The van der Waals surface area contributed by atoms with Crippen LogP contribution in [0.2, 0.25) is 0 Å². The quantitative estimate of drug-likeness (QED) is 0.328. The van der Waals surface area contributed by atoms with Crippen LogP contribution in [-0.4, -0.2) is 24.3 Å². The fourth-order valence-electron chi connectivity index (χ4n) is 6.30. The summed E-state index contributed by atoms with van der Waals surface area (Å²) in [5, 5.41) is 0. The van der Waals surface area contributed by atoms with E-state index < -0.39 is 0 Å². The predicted molar refractivity (Wildman–Crippen MR) is 152 cm³/mol. The maximum Gasteiger partial charge on any atom is 0.202 e. The SMILES string of the molecule is CCC1CC[NH+](Cc2cnc(C(c3ccccc3)C3CCCCC3)o2)C[C@H]1C.CSc1cccc(F)c1. The monoisotopic (exact) mass is 523 g/mol. The number of nitrogens with one attached hydrogen (secondary N) is 1. The number of hydrogen-bond donors (Lipinski definition) is 1. The van der Waals surface area contributed by atoms with E-state index in [0.29, 0.717) is 11.8 Å². The Bertz CT molecular complexity index is 1070. The summed E-state index contributed by atoms with van der Waals surface area (Å²) in [4.78, 5) is 7.43. The molecule has 5 heteroatoms. The third kappa shape index (κ3) is 7.94. The van der Waals surface area contributed by atoms with Gasteiger partial charge >= 0.3 is 0 Å². The Morgan fingerprint density at radius 3 is 2.49 bits per heavy atom. The largest absolute Gasteiger partial charge is 0.439 e. The summed E-state index contributed by atoms with van der Waals surface area (Å²) in [6.45, 7) is 8.28.